The van der Waals surface area contributed by atoms with Crippen LogP contribution in [-0.4, -0.2) is 37.3 Å². The van der Waals surface area contributed by atoms with Gasteiger partial charge >= 0.3 is 0 Å². The molecule has 0 spiro atoms. The van der Waals surface area contributed by atoms with Crippen LogP contribution in [0.1, 0.15) is 21.6 Å². The first kappa shape index (κ1) is 18.2. The zero-order valence-corrected chi connectivity index (χ0v) is 16.2. The van der Waals surface area contributed by atoms with Gasteiger partial charge in [-0.2, -0.15) is 10.1 Å². The molecular weight excluding hydrogens is 385 g/mol. The summed E-state index contributed by atoms with van der Waals surface area (Å²) in [5, 5.41) is 8.65. The van der Waals surface area contributed by atoms with Crippen molar-refractivity contribution in [1.82, 2.24) is 24.8 Å². The van der Waals surface area contributed by atoms with E-state index >= 15 is 0 Å². The fourth-order valence-electron chi connectivity index (χ4n) is 3.77. The molecule has 30 heavy (non-hydrogen) atoms. The van der Waals surface area contributed by atoms with Gasteiger partial charge in [0.25, 0.3) is 11.8 Å². The number of benzene rings is 2. The van der Waals surface area contributed by atoms with E-state index in [1.807, 2.05) is 37.4 Å². The lowest BCUT2D eigenvalue weighted by molar-refractivity contribution is 0.0733. The summed E-state index contributed by atoms with van der Waals surface area (Å²) in [4.78, 5) is 19.1. The van der Waals surface area contributed by atoms with Crippen molar-refractivity contribution in [1.29, 1.82) is 0 Å². The highest BCUT2D eigenvalue weighted by Gasteiger charge is 2.30. The van der Waals surface area contributed by atoms with Crippen molar-refractivity contribution in [2.45, 2.75) is 13.0 Å². The van der Waals surface area contributed by atoms with Gasteiger partial charge in [-0.3, -0.25) is 9.48 Å². The Labute approximate surface area is 171 Å². The van der Waals surface area contributed by atoms with Crippen molar-refractivity contribution >= 4 is 5.91 Å². The van der Waals surface area contributed by atoms with Crippen molar-refractivity contribution in [3.05, 3.63) is 77.2 Å². The number of fused-ring (bicyclic) bond motifs is 1. The third kappa shape index (κ3) is 3.16. The number of rotatable bonds is 3. The van der Waals surface area contributed by atoms with Crippen LogP contribution in [0.25, 0.3) is 23.0 Å². The number of hydrogen-bond donors (Lipinski definition) is 0. The molecule has 0 saturated carbocycles. The number of amides is 1. The van der Waals surface area contributed by atoms with Crippen LogP contribution in [0, 0.1) is 5.82 Å². The summed E-state index contributed by atoms with van der Waals surface area (Å²) in [6.07, 6.45) is 0.638. The van der Waals surface area contributed by atoms with E-state index in [1.165, 1.54) is 18.2 Å². The van der Waals surface area contributed by atoms with Gasteiger partial charge in [0.1, 0.15) is 5.82 Å². The van der Waals surface area contributed by atoms with Gasteiger partial charge in [-0.1, -0.05) is 41.6 Å². The second kappa shape index (κ2) is 7.22. The molecule has 1 aliphatic heterocycles. The Morgan fingerprint density at radius 1 is 1.13 bits per heavy atom. The molecule has 1 aliphatic rings. The Morgan fingerprint density at radius 3 is 2.77 bits per heavy atom. The summed E-state index contributed by atoms with van der Waals surface area (Å²) < 4.78 is 20.8. The van der Waals surface area contributed by atoms with E-state index in [0.717, 1.165) is 16.8 Å². The highest BCUT2D eigenvalue weighted by Crippen LogP contribution is 2.30. The summed E-state index contributed by atoms with van der Waals surface area (Å²) in [6, 6.07) is 15.3. The SMILES string of the molecule is Cn1nc(-c2nc(-c3ccccc3)no2)c2c1CCN(C(=O)c1cccc(F)c1)C2. The Hall–Kier alpha value is -3.81. The van der Waals surface area contributed by atoms with E-state index in [1.54, 1.807) is 15.6 Å². The minimum Gasteiger partial charge on any atom is -0.334 e. The zero-order chi connectivity index (χ0) is 20.7. The molecule has 150 valence electrons. The van der Waals surface area contributed by atoms with Crippen molar-refractivity contribution < 1.29 is 13.7 Å². The number of hydrogen-bond acceptors (Lipinski definition) is 5. The topological polar surface area (TPSA) is 77.1 Å². The summed E-state index contributed by atoms with van der Waals surface area (Å²) in [5.41, 5.74) is 3.64. The zero-order valence-electron chi connectivity index (χ0n) is 16.2. The molecule has 8 heteroatoms. The van der Waals surface area contributed by atoms with Gasteiger partial charge in [0.2, 0.25) is 5.82 Å². The van der Waals surface area contributed by atoms with E-state index in [4.69, 9.17) is 4.52 Å². The third-order valence-electron chi connectivity index (χ3n) is 5.26. The second-order valence-electron chi connectivity index (χ2n) is 7.17. The van der Waals surface area contributed by atoms with Crippen LogP contribution in [0.2, 0.25) is 0 Å². The maximum atomic E-state index is 13.6. The van der Waals surface area contributed by atoms with E-state index in [2.05, 4.69) is 15.2 Å². The number of carbonyl (C=O) groups excluding carboxylic acids is 1. The van der Waals surface area contributed by atoms with Crippen molar-refractivity contribution in [2.75, 3.05) is 6.54 Å². The molecule has 0 unspecified atom stereocenters. The average molecular weight is 403 g/mol. The summed E-state index contributed by atoms with van der Waals surface area (Å²) >= 11 is 0. The van der Waals surface area contributed by atoms with Crippen LogP contribution < -0.4 is 0 Å². The molecule has 2 aromatic heterocycles. The predicted molar refractivity (Wildman–Crippen MR) is 107 cm³/mol. The highest BCUT2D eigenvalue weighted by atomic mass is 19.1. The van der Waals surface area contributed by atoms with Crippen LogP contribution in [0.5, 0.6) is 0 Å². The van der Waals surface area contributed by atoms with Gasteiger partial charge in [-0.05, 0) is 18.2 Å². The lowest BCUT2D eigenvalue weighted by Gasteiger charge is -2.27. The fourth-order valence-corrected chi connectivity index (χ4v) is 3.77. The Morgan fingerprint density at radius 2 is 1.97 bits per heavy atom. The van der Waals surface area contributed by atoms with Gasteiger partial charge in [0.15, 0.2) is 5.69 Å². The number of aromatic nitrogens is 4. The predicted octanol–water partition coefficient (Wildman–Crippen LogP) is 3.47. The van der Waals surface area contributed by atoms with E-state index in [9.17, 15) is 9.18 Å². The smallest absolute Gasteiger partial charge is 0.279 e. The molecule has 5 rings (SSSR count). The Bertz CT molecular complexity index is 1230. The van der Waals surface area contributed by atoms with Gasteiger partial charge in [0.05, 0.1) is 6.54 Å². The standard InChI is InChI=1S/C22H18FN5O2/c1-27-18-10-11-28(22(29)15-8-5-9-16(23)12-15)13-17(18)19(25-27)21-24-20(26-30-21)14-6-3-2-4-7-14/h2-9,12H,10-11,13H2,1H3. The average Bonchev–Trinajstić information content (AvgIpc) is 3.39. The van der Waals surface area contributed by atoms with E-state index in [0.29, 0.717) is 42.5 Å². The van der Waals surface area contributed by atoms with Gasteiger partial charge in [-0.25, -0.2) is 4.39 Å². The molecule has 0 N–H and O–H groups in total. The maximum absolute atomic E-state index is 13.6. The molecule has 4 aromatic rings. The minimum atomic E-state index is -0.431. The molecule has 0 bridgehead atoms. The molecule has 0 fully saturated rings. The van der Waals surface area contributed by atoms with Crippen LogP contribution in [0.3, 0.4) is 0 Å². The van der Waals surface area contributed by atoms with Crippen molar-refractivity contribution in [3.8, 4) is 23.0 Å². The summed E-state index contributed by atoms with van der Waals surface area (Å²) in [7, 11) is 1.86. The normalized spacial score (nSPS) is 13.3. The number of nitrogens with zero attached hydrogens (tertiary/aromatic N) is 5. The highest BCUT2D eigenvalue weighted by molar-refractivity contribution is 5.94. The van der Waals surface area contributed by atoms with Crippen molar-refractivity contribution in [3.63, 3.8) is 0 Å². The maximum Gasteiger partial charge on any atom is 0.279 e. The van der Waals surface area contributed by atoms with Gasteiger partial charge in [0, 0.05) is 42.4 Å². The quantitative estimate of drug-likeness (QED) is 0.523. The van der Waals surface area contributed by atoms with Crippen molar-refractivity contribution in [2.24, 2.45) is 7.05 Å². The number of halogens is 1. The Kier molecular flexibility index (Phi) is 4.39. The minimum absolute atomic E-state index is 0.217. The summed E-state index contributed by atoms with van der Waals surface area (Å²) in [6.45, 7) is 0.872. The van der Waals surface area contributed by atoms with Crippen LogP contribution >= 0.6 is 0 Å². The van der Waals surface area contributed by atoms with E-state index in [-0.39, 0.29) is 5.91 Å². The molecule has 0 radical (unpaired) electrons. The van der Waals surface area contributed by atoms with Gasteiger partial charge < -0.3 is 9.42 Å². The lowest BCUT2D eigenvalue weighted by Crippen LogP contribution is -2.36. The fraction of sp³-hybridized carbons (Fsp3) is 0.182. The number of aryl methyl sites for hydroxylation is 1. The van der Waals surface area contributed by atoms with Gasteiger partial charge in [-0.15, -0.1) is 0 Å². The van der Waals surface area contributed by atoms with E-state index < -0.39 is 5.82 Å². The first-order valence-corrected chi connectivity index (χ1v) is 9.59. The second-order valence-corrected chi connectivity index (χ2v) is 7.17. The Balaban J connectivity index is 1.47. The monoisotopic (exact) mass is 403 g/mol. The first-order chi connectivity index (χ1) is 14.6. The first-order valence-electron chi connectivity index (χ1n) is 9.59. The third-order valence-corrected chi connectivity index (χ3v) is 5.26. The largest absolute Gasteiger partial charge is 0.334 e. The van der Waals surface area contributed by atoms with Crippen LogP contribution in [0.15, 0.2) is 59.1 Å². The van der Waals surface area contributed by atoms with Crippen LogP contribution in [0.4, 0.5) is 4.39 Å². The lowest BCUT2D eigenvalue weighted by atomic mass is 10.0. The molecule has 7 nitrogen and oxygen atoms in total. The summed E-state index contributed by atoms with van der Waals surface area (Å²) in [5.74, 6) is 0.143. The molecule has 0 aliphatic carbocycles. The molecule has 2 aromatic carbocycles. The van der Waals surface area contributed by atoms with Crippen LogP contribution in [-0.2, 0) is 20.0 Å². The molecule has 0 atom stereocenters. The molecule has 0 saturated heterocycles. The molecule has 3 heterocycles. The number of carbonyl (C=O) groups is 1. The molecular formula is C22H18FN5O2. The molecule has 1 amide bonds.